The average molecular weight is 487 g/mol. The summed E-state index contributed by atoms with van der Waals surface area (Å²) in [5.74, 6) is 2.37. The van der Waals surface area contributed by atoms with Crippen molar-refractivity contribution in [3.8, 4) is 23.0 Å². The average Bonchev–Trinajstić information content (AvgIpc) is 2.88. The SMILES string of the molecule is COc1cc(CC=Cc2c(OCC=C(C)C)ccc3c(=O)c4ccccc4oc23)cc(OC)c1OC. The molecule has 4 rings (SSSR count). The topological polar surface area (TPSA) is 67.1 Å². The van der Waals surface area contributed by atoms with E-state index < -0.39 is 0 Å². The van der Waals surface area contributed by atoms with Gasteiger partial charge in [-0.25, -0.2) is 0 Å². The van der Waals surface area contributed by atoms with Gasteiger partial charge in [0.05, 0.1) is 37.7 Å². The van der Waals surface area contributed by atoms with Crippen molar-refractivity contribution in [2.24, 2.45) is 0 Å². The van der Waals surface area contributed by atoms with Crippen molar-refractivity contribution >= 4 is 28.0 Å². The van der Waals surface area contributed by atoms with E-state index in [2.05, 4.69) is 0 Å². The van der Waals surface area contributed by atoms with Crippen molar-refractivity contribution in [3.05, 3.63) is 87.6 Å². The fourth-order valence-corrected chi connectivity index (χ4v) is 4.02. The summed E-state index contributed by atoms with van der Waals surface area (Å²) in [6.45, 7) is 4.46. The summed E-state index contributed by atoms with van der Waals surface area (Å²) in [5, 5.41) is 1.06. The Morgan fingerprint density at radius 3 is 2.28 bits per heavy atom. The Balaban J connectivity index is 1.79. The van der Waals surface area contributed by atoms with Crippen LogP contribution in [0.15, 0.2) is 75.5 Å². The zero-order valence-electron chi connectivity index (χ0n) is 21.2. The minimum absolute atomic E-state index is 0.0676. The molecule has 1 aromatic heterocycles. The number of ether oxygens (including phenoxy) is 4. The van der Waals surface area contributed by atoms with Crippen molar-refractivity contribution in [2.45, 2.75) is 20.3 Å². The zero-order valence-corrected chi connectivity index (χ0v) is 21.2. The lowest BCUT2D eigenvalue weighted by atomic mass is 10.0. The Labute approximate surface area is 210 Å². The van der Waals surface area contributed by atoms with E-state index in [9.17, 15) is 4.79 Å². The van der Waals surface area contributed by atoms with Crippen LogP contribution >= 0.6 is 0 Å². The maximum absolute atomic E-state index is 13.2. The van der Waals surface area contributed by atoms with Crippen LogP contribution in [0.3, 0.4) is 0 Å². The molecule has 1 heterocycles. The quantitative estimate of drug-likeness (QED) is 0.197. The van der Waals surface area contributed by atoms with E-state index >= 15 is 0 Å². The monoisotopic (exact) mass is 486 g/mol. The second-order valence-electron chi connectivity index (χ2n) is 8.51. The van der Waals surface area contributed by atoms with E-state index in [0.717, 1.165) is 11.1 Å². The summed E-state index contributed by atoms with van der Waals surface area (Å²) in [6, 6.07) is 14.7. The number of hydrogen-bond acceptors (Lipinski definition) is 6. The highest BCUT2D eigenvalue weighted by Gasteiger charge is 2.15. The fourth-order valence-electron chi connectivity index (χ4n) is 4.02. The Bertz CT molecular complexity index is 1480. The normalized spacial score (nSPS) is 11.1. The molecule has 0 saturated heterocycles. The third kappa shape index (κ3) is 5.08. The molecular weight excluding hydrogens is 456 g/mol. The maximum Gasteiger partial charge on any atom is 0.203 e. The smallest absolute Gasteiger partial charge is 0.203 e. The molecule has 0 spiro atoms. The Morgan fingerprint density at radius 1 is 0.889 bits per heavy atom. The summed E-state index contributed by atoms with van der Waals surface area (Å²) < 4.78 is 28.7. The first-order valence-corrected chi connectivity index (χ1v) is 11.7. The van der Waals surface area contributed by atoms with Crippen molar-refractivity contribution in [3.63, 3.8) is 0 Å². The molecule has 0 amide bonds. The number of para-hydroxylation sites is 1. The van der Waals surface area contributed by atoms with Crippen molar-refractivity contribution in [2.75, 3.05) is 27.9 Å². The van der Waals surface area contributed by atoms with Crippen molar-refractivity contribution < 1.29 is 23.4 Å². The van der Waals surface area contributed by atoms with Gasteiger partial charge in [-0.1, -0.05) is 29.9 Å². The van der Waals surface area contributed by atoms with Crippen molar-refractivity contribution in [1.29, 1.82) is 0 Å². The lowest BCUT2D eigenvalue weighted by molar-refractivity contribution is 0.324. The highest BCUT2D eigenvalue weighted by Crippen LogP contribution is 2.38. The van der Waals surface area contributed by atoms with Crippen molar-refractivity contribution in [1.82, 2.24) is 0 Å². The third-order valence-corrected chi connectivity index (χ3v) is 5.84. The predicted molar refractivity (Wildman–Crippen MR) is 144 cm³/mol. The van der Waals surface area contributed by atoms with Gasteiger partial charge in [0, 0.05) is 0 Å². The summed E-state index contributed by atoms with van der Waals surface area (Å²) in [6.07, 6.45) is 6.52. The summed E-state index contributed by atoms with van der Waals surface area (Å²) in [5.41, 5.74) is 3.81. The van der Waals surface area contributed by atoms with Gasteiger partial charge in [0.2, 0.25) is 11.2 Å². The molecule has 0 N–H and O–H groups in total. The molecule has 0 aliphatic rings. The first-order valence-electron chi connectivity index (χ1n) is 11.7. The first-order chi connectivity index (χ1) is 17.5. The van der Waals surface area contributed by atoms with Gasteiger partial charge in [-0.05, 0) is 68.3 Å². The number of allylic oxidation sites excluding steroid dienone is 2. The molecule has 36 heavy (non-hydrogen) atoms. The summed E-state index contributed by atoms with van der Waals surface area (Å²) in [7, 11) is 4.76. The molecule has 0 fully saturated rings. The van der Waals surface area contributed by atoms with Gasteiger partial charge in [0.15, 0.2) is 11.5 Å². The van der Waals surface area contributed by atoms with E-state index in [1.165, 1.54) is 0 Å². The highest BCUT2D eigenvalue weighted by molar-refractivity contribution is 5.95. The molecule has 3 aromatic carbocycles. The van der Waals surface area contributed by atoms with Gasteiger partial charge in [-0.2, -0.15) is 0 Å². The molecule has 6 heteroatoms. The van der Waals surface area contributed by atoms with Gasteiger partial charge in [0.25, 0.3) is 0 Å². The number of fused-ring (bicyclic) bond motifs is 2. The summed E-state index contributed by atoms with van der Waals surface area (Å²) in [4.78, 5) is 13.2. The summed E-state index contributed by atoms with van der Waals surface area (Å²) >= 11 is 0. The van der Waals surface area contributed by atoms with Crippen LogP contribution in [0.5, 0.6) is 23.0 Å². The molecule has 0 atom stereocenters. The second-order valence-corrected chi connectivity index (χ2v) is 8.51. The minimum Gasteiger partial charge on any atom is -0.493 e. The van der Waals surface area contributed by atoms with E-state index in [1.807, 2.05) is 62.4 Å². The van der Waals surface area contributed by atoms with Crippen LogP contribution in [-0.4, -0.2) is 27.9 Å². The van der Waals surface area contributed by atoms with E-state index in [4.69, 9.17) is 23.4 Å². The zero-order chi connectivity index (χ0) is 25.7. The van der Waals surface area contributed by atoms with Gasteiger partial charge >= 0.3 is 0 Å². The largest absolute Gasteiger partial charge is 0.493 e. The van der Waals surface area contributed by atoms with Crippen LogP contribution in [0.25, 0.3) is 28.0 Å². The second kappa shape index (κ2) is 11.0. The molecule has 0 aliphatic carbocycles. The fraction of sp³-hybridized carbons (Fsp3) is 0.233. The molecule has 4 aromatic rings. The van der Waals surface area contributed by atoms with Crippen LogP contribution < -0.4 is 24.4 Å². The molecule has 0 radical (unpaired) electrons. The van der Waals surface area contributed by atoms with Gasteiger partial charge in [-0.15, -0.1) is 0 Å². The minimum atomic E-state index is -0.0676. The molecule has 0 aliphatic heterocycles. The lowest BCUT2D eigenvalue weighted by Gasteiger charge is -2.13. The van der Waals surface area contributed by atoms with Crippen LogP contribution in [-0.2, 0) is 6.42 Å². The van der Waals surface area contributed by atoms with Crippen LogP contribution in [0.2, 0.25) is 0 Å². The Morgan fingerprint density at radius 2 is 1.61 bits per heavy atom. The highest BCUT2D eigenvalue weighted by atomic mass is 16.5. The van der Waals surface area contributed by atoms with E-state index in [1.54, 1.807) is 39.5 Å². The van der Waals surface area contributed by atoms with Gasteiger partial charge < -0.3 is 23.4 Å². The standard InChI is InChI=1S/C30H30O6/c1-19(2)15-16-35-24-14-13-23-28(31)21-10-6-7-12-25(21)36-29(23)22(24)11-8-9-20-17-26(32-3)30(34-5)27(18-20)33-4/h6-8,10-15,17-18H,9,16H2,1-5H3. The molecule has 186 valence electrons. The molecular formula is C30H30O6. The third-order valence-electron chi connectivity index (χ3n) is 5.84. The first kappa shape index (κ1) is 24.9. The number of hydrogen-bond donors (Lipinski definition) is 0. The van der Waals surface area contributed by atoms with Crippen LogP contribution in [0.1, 0.15) is 25.0 Å². The number of benzene rings is 3. The van der Waals surface area contributed by atoms with Crippen LogP contribution in [0, 0.1) is 0 Å². The maximum atomic E-state index is 13.2. The Hall–Kier alpha value is -4.19. The van der Waals surface area contributed by atoms with Crippen LogP contribution in [0.4, 0.5) is 0 Å². The predicted octanol–water partition coefficient (Wildman–Crippen LogP) is 6.57. The molecule has 0 saturated carbocycles. The van der Waals surface area contributed by atoms with E-state index in [-0.39, 0.29) is 5.43 Å². The number of methoxy groups -OCH3 is 3. The van der Waals surface area contributed by atoms with E-state index in [0.29, 0.717) is 63.5 Å². The van der Waals surface area contributed by atoms with Gasteiger partial charge in [-0.3, -0.25) is 4.79 Å². The van der Waals surface area contributed by atoms with Gasteiger partial charge in [0.1, 0.15) is 23.5 Å². The lowest BCUT2D eigenvalue weighted by Crippen LogP contribution is -2.04. The molecule has 0 unspecified atom stereocenters. The molecule has 6 nitrogen and oxygen atoms in total. The Kier molecular flexibility index (Phi) is 7.64. The molecule has 0 bridgehead atoms. The number of rotatable bonds is 9.